The lowest BCUT2D eigenvalue weighted by atomic mass is 10.1. The molecule has 0 fully saturated rings. The van der Waals surface area contributed by atoms with E-state index in [-0.39, 0.29) is 29.0 Å². The first-order valence-corrected chi connectivity index (χ1v) is 9.87. The molecule has 0 bridgehead atoms. The summed E-state index contributed by atoms with van der Waals surface area (Å²) in [4.78, 5) is 11.2. The van der Waals surface area contributed by atoms with E-state index in [9.17, 15) is 18.3 Å². The lowest BCUT2D eigenvalue weighted by Gasteiger charge is -2.19. The number of hydrogen-bond donors (Lipinski definition) is 3. The van der Waals surface area contributed by atoms with Gasteiger partial charge >= 0.3 is 5.97 Å². The molecule has 6 nitrogen and oxygen atoms in total. The van der Waals surface area contributed by atoms with E-state index in [2.05, 4.69) is 10.0 Å². The van der Waals surface area contributed by atoms with Gasteiger partial charge in [-0.05, 0) is 36.6 Å². The lowest BCUT2D eigenvalue weighted by molar-refractivity contribution is 0.0696. The third-order valence-electron chi connectivity index (χ3n) is 3.87. The van der Waals surface area contributed by atoms with Crippen LogP contribution in [0.2, 0.25) is 0 Å². The van der Waals surface area contributed by atoms with Crippen molar-refractivity contribution in [2.45, 2.75) is 31.7 Å². The van der Waals surface area contributed by atoms with Gasteiger partial charge in [-0.1, -0.05) is 44.2 Å². The first-order valence-electron chi connectivity index (χ1n) is 8.39. The molecular formula is C19H24N2O4S. The Morgan fingerprint density at radius 1 is 1.08 bits per heavy atom. The summed E-state index contributed by atoms with van der Waals surface area (Å²) in [6.07, 6.45) is 0. The highest BCUT2D eigenvalue weighted by atomic mass is 32.2. The molecule has 26 heavy (non-hydrogen) atoms. The second kappa shape index (κ2) is 8.33. The van der Waals surface area contributed by atoms with Gasteiger partial charge in [0, 0.05) is 12.6 Å². The van der Waals surface area contributed by atoms with Crippen molar-refractivity contribution in [2.24, 2.45) is 5.92 Å². The zero-order chi connectivity index (χ0) is 19.3. The Morgan fingerprint density at radius 3 is 2.31 bits per heavy atom. The molecule has 0 aromatic heterocycles. The largest absolute Gasteiger partial charge is 0.478 e. The summed E-state index contributed by atoms with van der Waals surface area (Å²) in [5.74, 6) is -1.04. The Morgan fingerprint density at radius 2 is 1.73 bits per heavy atom. The summed E-state index contributed by atoms with van der Waals surface area (Å²) < 4.78 is 27.9. The number of rotatable bonds is 8. The minimum atomic E-state index is -3.85. The summed E-state index contributed by atoms with van der Waals surface area (Å²) >= 11 is 0. The number of carboxylic acids is 1. The smallest absolute Gasteiger partial charge is 0.335 e. The maximum atomic E-state index is 12.7. The predicted molar refractivity (Wildman–Crippen MR) is 102 cm³/mol. The van der Waals surface area contributed by atoms with Gasteiger partial charge in [0.25, 0.3) is 0 Å². The number of benzene rings is 2. The van der Waals surface area contributed by atoms with E-state index >= 15 is 0 Å². The third kappa shape index (κ3) is 5.06. The van der Waals surface area contributed by atoms with Crippen LogP contribution in [-0.2, 0) is 10.0 Å². The van der Waals surface area contributed by atoms with E-state index in [0.717, 1.165) is 5.56 Å². The maximum Gasteiger partial charge on any atom is 0.335 e. The molecule has 2 aromatic carbocycles. The van der Waals surface area contributed by atoms with Crippen LogP contribution in [-0.4, -0.2) is 26.0 Å². The molecule has 1 atom stereocenters. The summed E-state index contributed by atoms with van der Waals surface area (Å²) in [5, 5.41) is 12.4. The fraction of sp³-hybridized carbons (Fsp3) is 0.316. The van der Waals surface area contributed by atoms with Gasteiger partial charge in [-0.2, -0.15) is 0 Å². The van der Waals surface area contributed by atoms with Gasteiger partial charge in [-0.25, -0.2) is 17.9 Å². The average Bonchev–Trinajstić information content (AvgIpc) is 2.61. The summed E-state index contributed by atoms with van der Waals surface area (Å²) in [5.41, 5.74) is 1.28. The molecule has 0 heterocycles. The van der Waals surface area contributed by atoms with Crippen molar-refractivity contribution in [1.82, 2.24) is 4.72 Å². The van der Waals surface area contributed by atoms with Gasteiger partial charge in [0.1, 0.15) is 4.90 Å². The SMILES string of the molecule is CC(C)CNS(=O)(=O)c1cc(C(=O)O)ccc1NC(C)c1ccccc1. The van der Waals surface area contributed by atoms with Crippen LogP contribution < -0.4 is 10.0 Å². The maximum absolute atomic E-state index is 12.7. The van der Waals surface area contributed by atoms with Crippen LogP contribution >= 0.6 is 0 Å². The summed E-state index contributed by atoms with van der Waals surface area (Å²) in [7, 11) is -3.85. The van der Waals surface area contributed by atoms with E-state index in [0.29, 0.717) is 5.69 Å². The van der Waals surface area contributed by atoms with Gasteiger partial charge in [0.05, 0.1) is 11.3 Å². The Kier molecular flexibility index (Phi) is 6.39. The molecule has 0 spiro atoms. The van der Waals surface area contributed by atoms with Crippen LogP contribution in [0.1, 0.15) is 42.7 Å². The molecule has 3 N–H and O–H groups in total. The molecule has 7 heteroatoms. The summed E-state index contributed by atoms with van der Waals surface area (Å²) in [6, 6.07) is 13.5. The second-order valence-electron chi connectivity index (χ2n) is 6.54. The van der Waals surface area contributed by atoms with E-state index in [1.54, 1.807) is 0 Å². The Labute approximate surface area is 154 Å². The zero-order valence-corrected chi connectivity index (χ0v) is 15.9. The van der Waals surface area contributed by atoms with E-state index in [1.165, 1.54) is 18.2 Å². The van der Waals surface area contributed by atoms with Crippen molar-refractivity contribution in [2.75, 3.05) is 11.9 Å². The normalized spacial score (nSPS) is 12.8. The van der Waals surface area contributed by atoms with Crippen molar-refractivity contribution >= 4 is 21.7 Å². The number of sulfonamides is 1. The molecular weight excluding hydrogens is 352 g/mol. The van der Waals surface area contributed by atoms with Gasteiger partial charge < -0.3 is 10.4 Å². The summed E-state index contributed by atoms with van der Waals surface area (Å²) in [6.45, 7) is 5.98. The van der Waals surface area contributed by atoms with Crippen LogP contribution in [0.25, 0.3) is 0 Å². The highest BCUT2D eigenvalue weighted by molar-refractivity contribution is 7.89. The fourth-order valence-corrected chi connectivity index (χ4v) is 3.82. The fourth-order valence-electron chi connectivity index (χ4n) is 2.41. The Hall–Kier alpha value is -2.38. The molecule has 0 aliphatic rings. The van der Waals surface area contributed by atoms with Gasteiger partial charge in [-0.15, -0.1) is 0 Å². The molecule has 0 amide bonds. The van der Waals surface area contributed by atoms with Gasteiger partial charge in [0.15, 0.2) is 0 Å². The molecule has 1 unspecified atom stereocenters. The number of hydrogen-bond acceptors (Lipinski definition) is 4. The monoisotopic (exact) mass is 376 g/mol. The van der Waals surface area contributed by atoms with Crippen LogP contribution in [0.5, 0.6) is 0 Å². The average molecular weight is 376 g/mol. The predicted octanol–water partition coefficient (Wildman–Crippen LogP) is 3.49. The number of nitrogens with one attached hydrogen (secondary N) is 2. The molecule has 140 valence electrons. The zero-order valence-electron chi connectivity index (χ0n) is 15.1. The highest BCUT2D eigenvalue weighted by Crippen LogP contribution is 2.27. The van der Waals surface area contributed by atoms with E-state index in [1.807, 2.05) is 51.1 Å². The standard InChI is InChI=1S/C19H24N2O4S/c1-13(2)12-20-26(24,25)18-11-16(19(22)23)9-10-17(18)21-14(3)15-7-5-4-6-8-15/h4-11,13-14,20-21H,12H2,1-3H3,(H,22,23). The van der Waals surface area contributed by atoms with Crippen LogP contribution in [0, 0.1) is 5.92 Å². The van der Waals surface area contributed by atoms with Crippen molar-refractivity contribution in [3.05, 3.63) is 59.7 Å². The second-order valence-corrected chi connectivity index (χ2v) is 8.27. The topological polar surface area (TPSA) is 95.5 Å². The first-order chi connectivity index (χ1) is 12.2. The molecule has 2 aromatic rings. The van der Waals surface area contributed by atoms with Crippen LogP contribution in [0.15, 0.2) is 53.4 Å². The van der Waals surface area contributed by atoms with Gasteiger partial charge in [0.2, 0.25) is 10.0 Å². The highest BCUT2D eigenvalue weighted by Gasteiger charge is 2.22. The minimum Gasteiger partial charge on any atom is -0.478 e. The molecule has 0 aliphatic carbocycles. The van der Waals surface area contributed by atoms with Crippen molar-refractivity contribution in [3.8, 4) is 0 Å². The minimum absolute atomic E-state index is 0.0687. The molecule has 2 rings (SSSR count). The lowest BCUT2D eigenvalue weighted by Crippen LogP contribution is -2.28. The van der Waals surface area contributed by atoms with Gasteiger partial charge in [-0.3, -0.25) is 0 Å². The molecule has 0 radical (unpaired) electrons. The van der Waals surface area contributed by atoms with E-state index < -0.39 is 16.0 Å². The third-order valence-corrected chi connectivity index (χ3v) is 5.33. The number of anilines is 1. The Bertz CT molecular complexity index is 864. The van der Waals surface area contributed by atoms with Crippen molar-refractivity contribution in [3.63, 3.8) is 0 Å². The molecule has 0 saturated carbocycles. The number of aromatic carboxylic acids is 1. The molecule has 0 saturated heterocycles. The van der Waals surface area contributed by atoms with Crippen LogP contribution in [0.4, 0.5) is 5.69 Å². The number of carbonyl (C=O) groups is 1. The van der Waals surface area contributed by atoms with E-state index in [4.69, 9.17) is 0 Å². The molecule has 0 aliphatic heterocycles. The quantitative estimate of drug-likeness (QED) is 0.655. The Balaban J connectivity index is 2.40. The first kappa shape index (κ1) is 19.9. The van der Waals surface area contributed by atoms with Crippen LogP contribution in [0.3, 0.4) is 0 Å². The number of carboxylic acid groups (broad SMARTS) is 1. The van der Waals surface area contributed by atoms with Crippen molar-refractivity contribution < 1.29 is 18.3 Å². The van der Waals surface area contributed by atoms with Crippen molar-refractivity contribution in [1.29, 1.82) is 0 Å².